The van der Waals surface area contributed by atoms with Crippen LogP contribution >= 0.6 is 11.6 Å². The number of hydrogen-bond donors (Lipinski definition) is 0. The van der Waals surface area contributed by atoms with E-state index >= 15 is 0 Å². The van der Waals surface area contributed by atoms with Crippen molar-refractivity contribution in [2.24, 2.45) is 0 Å². The van der Waals surface area contributed by atoms with Crippen molar-refractivity contribution >= 4 is 38.9 Å². The van der Waals surface area contributed by atoms with Gasteiger partial charge in [0, 0.05) is 16.8 Å². The molecule has 7 heteroatoms. The second-order valence-corrected chi connectivity index (χ2v) is 10.5. The molecule has 3 aromatic carbocycles. The molecule has 1 amide bonds. The molecule has 0 aromatic heterocycles. The fourth-order valence-corrected chi connectivity index (χ4v) is 5.77. The third-order valence-electron chi connectivity index (χ3n) is 5.80. The molecule has 0 fully saturated rings. The molecule has 1 atom stereocenters. The lowest BCUT2D eigenvalue weighted by Gasteiger charge is -2.29. The second-order valence-electron chi connectivity index (χ2n) is 8.20. The molecule has 0 radical (unpaired) electrons. The molecule has 5 nitrogen and oxygen atoms in total. The van der Waals surface area contributed by atoms with Crippen molar-refractivity contribution in [2.75, 3.05) is 15.7 Å². The minimum atomic E-state index is -4.00. The molecule has 0 saturated carbocycles. The Kier molecular flexibility index (Phi) is 6.01. The molecule has 0 spiro atoms. The summed E-state index contributed by atoms with van der Waals surface area (Å²) in [5.41, 5.74) is 3.98. The van der Waals surface area contributed by atoms with Gasteiger partial charge in [0.1, 0.15) is 6.54 Å². The summed E-state index contributed by atoms with van der Waals surface area (Å²) in [5.74, 6) is -0.280. The lowest BCUT2D eigenvalue weighted by molar-refractivity contribution is -0.117. The van der Waals surface area contributed by atoms with E-state index in [1.54, 1.807) is 47.4 Å². The van der Waals surface area contributed by atoms with Gasteiger partial charge in [-0.25, -0.2) is 8.42 Å². The molecular weight excluding hydrogens is 444 g/mol. The molecule has 0 saturated heterocycles. The molecule has 32 heavy (non-hydrogen) atoms. The molecule has 0 aliphatic carbocycles. The van der Waals surface area contributed by atoms with Gasteiger partial charge in [0.25, 0.3) is 10.0 Å². The number of nitrogens with zero attached hydrogens (tertiary/aromatic N) is 2. The number of amides is 1. The summed E-state index contributed by atoms with van der Waals surface area (Å²) in [7, 11) is -4.00. The van der Waals surface area contributed by atoms with Gasteiger partial charge in [-0.2, -0.15) is 0 Å². The topological polar surface area (TPSA) is 57.7 Å². The van der Waals surface area contributed by atoms with E-state index in [1.165, 1.54) is 4.31 Å². The first-order valence-electron chi connectivity index (χ1n) is 10.4. The van der Waals surface area contributed by atoms with Gasteiger partial charge >= 0.3 is 0 Å². The van der Waals surface area contributed by atoms with E-state index in [0.29, 0.717) is 16.3 Å². The fourth-order valence-electron chi connectivity index (χ4n) is 4.13. The molecule has 1 aliphatic heterocycles. The minimum Gasteiger partial charge on any atom is -0.307 e. The van der Waals surface area contributed by atoms with Gasteiger partial charge in [-0.1, -0.05) is 53.6 Å². The van der Waals surface area contributed by atoms with Crippen LogP contribution in [0.4, 0.5) is 11.4 Å². The zero-order chi connectivity index (χ0) is 23.0. The molecule has 1 aliphatic rings. The van der Waals surface area contributed by atoms with Crippen LogP contribution < -0.4 is 9.21 Å². The van der Waals surface area contributed by atoms with Crippen molar-refractivity contribution in [1.82, 2.24) is 0 Å². The van der Waals surface area contributed by atoms with Crippen LogP contribution in [0, 0.1) is 13.8 Å². The minimum absolute atomic E-state index is 0.0516. The largest absolute Gasteiger partial charge is 0.307 e. The second kappa shape index (κ2) is 8.60. The Morgan fingerprint density at radius 2 is 1.75 bits per heavy atom. The Labute approximate surface area is 194 Å². The summed E-state index contributed by atoms with van der Waals surface area (Å²) in [6, 6.07) is 19.4. The van der Waals surface area contributed by atoms with Gasteiger partial charge in [0.15, 0.2) is 0 Å². The fraction of sp³-hybridized carbons (Fsp3) is 0.240. The van der Waals surface area contributed by atoms with Crippen LogP contribution in [0.2, 0.25) is 5.02 Å². The van der Waals surface area contributed by atoms with Gasteiger partial charge in [0.2, 0.25) is 5.91 Å². The standard InChI is InChI=1S/C25H25ClN2O3S/c1-17-8-12-22(13-9-17)32(30,31)27(24-15-21(26)11-10-18(24)2)16-25(29)28-19(3)14-20-6-4-5-7-23(20)28/h4-13,15,19H,14,16H2,1-3H3/t19-/m1/s1. The summed E-state index contributed by atoms with van der Waals surface area (Å²) in [6.45, 7) is 5.35. The van der Waals surface area contributed by atoms with Gasteiger partial charge in [-0.05, 0) is 68.7 Å². The highest BCUT2D eigenvalue weighted by Gasteiger charge is 2.35. The maximum absolute atomic E-state index is 13.7. The number of para-hydroxylation sites is 1. The summed E-state index contributed by atoms with van der Waals surface area (Å²) >= 11 is 6.21. The Morgan fingerprint density at radius 3 is 2.47 bits per heavy atom. The van der Waals surface area contributed by atoms with Gasteiger partial charge < -0.3 is 4.90 Å². The van der Waals surface area contributed by atoms with Crippen LogP contribution in [-0.4, -0.2) is 26.9 Å². The third kappa shape index (κ3) is 4.12. The molecule has 0 bridgehead atoms. The average Bonchev–Trinajstić information content (AvgIpc) is 3.09. The van der Waals surface area contributed by atoms with Gasteiger partial charge in [-0.3, -0.25) is 9.10 Å². The number of halogens is 1. The van der Waals surface area contributed by atoms with Crippen molar-refractivity contribution in [3.05, 3.63) is 88.4 Å². The number of anilines is 2. The molecule has 3 aromatic rings. The summed E-state index contributed by atoms with van der Waals surface area (Å²) < 4.78 is 28.6. The first kappa shape index (κ1) is 22.4. The maximum atomic E-state index is 13.7. The molecular formula is C25H25ClN2O3S. The Morgan fingerprint density at radius 1 is 1.06 bits per heavy atom. The number of carbonyl (C=O) groups is 1. The number of aryl methyl sites for hydroxylation is 2. The van der Waals surface area contributed by atoms with Crippen LogP contribution in [-0.2, 0) is 21.2 Å². The van der Waals surface area contributed by atoms with E-state index in [2.05, 4.69) is 0 Å². The van der Waals surface area contributed by atoms with E-state index < -0.39 is 10.0 Å². The Balaban J connectivity index is 1.77. The van der Waals surface area contributed by atoms with E-state index in [4.69, 9.17) is 11.6 Å². The van der Waals surface area contributed by atoms with Crippen LogP contribution in [0.3, 0.4) is 0 Å². The maximum Gasteiger partial charge on any atom is 0.264 e. The molecule has 0 N–H and O–H groups in total. The lowest BCUT2D eigenvalue weighted by Crippen LogP contribution is -2.45. The highest BCUT2D eigenvalue weighted by Crippen LogP contribution is 2.34. The van der Waals surface area contributed by atoms with Crippen molar-refractivity contribution < 1.29 is 13.2 Å². The number of fused-ring (bicyclic) bond motifs is 1. The monoisotopic (exact) mass is 468 g/mol. The molecule has 166 valence electrons. The first-order chi connectivity index (χ1) is 15.2. The van der Waals surface area contributed by atoms with Crippen LogP contribution in [0.1, 0.15) is 23.6 Å². The number of hydrogen-bond acceptors (Lipinski definition) is 3. The van der Waals surface area contributed by atoms with Gasteiger partial charge in [0.05, 0.1) is 10.6 Å². The summed E-state index contributed by atoms with van der Waals surface area (Å²) in [5, 5.41) is 0.405. The van der Waals surface area contributed by atoms with Crippen LogP contribution in [0.15, 0.2) is 71.6 Å². The Hall–Kier alpha value is -2.83. The van der Waals surface area contributed by atoms with Crippen LogP contribution in [0.25, 0.3) is 0 Å². The van der Waals surface area contributed by atoms with Crippen molar-refractivity contribution in [3.8, 4) is 0 Å². The highest BCUT2D eigenvalue weighted by atomic mass is 35.5. The molecule has 1 heterocycles. The number of sulfonamides is 1. The van der Waals surface area contributed by atoms with E-state index in [0.717, 1.165) is 23.2 Å². The van der Waals surface area contributed by atoms with E-state index in [-0.39, 0.29) is 23.4 Å². The molecule has 4 rings (SSSR count). The number of benzene rings is 3. The first-order valence-corrected chi connectivity index (χ1v) is 12.3. The zero-order valence-electron chi connectivity index (χ0n) is 18.2. The van der Waals surface area contributed by atoms with Crippen molar-refractivity contribution in [1.29, 1.82) is 0 Å². The summed E-state index contributed by atoms with van der Waals surface area (Å²) in [4.78, 5) is 15.3. The predicted molar refractivity (Wildman–Crippen MR) is 129 cm³/mol. The van der Waals surface area contributed by atoms with Gasteiger partial charge in [-0.15, -0.1) is 0 Å². The predicted octanol–water partition coefficient (Wildman–Crippen LogP) is 5.13. The van der Waals surface area contributed by atoms with Crippen LogP contribution in [0.5, 0.6) is 0 Å². The SMILES string of the molecule is Cc1ccc(S(=O)(=O)N(CC(=O)N2c3ccccc3C[C@H]2C)c2cc(Cl)ccc2C)cc1. The average molecular weight is 469 g/mol. The lowest BCUT2D eigenvalue weighted by atomic mass is 10.1. The molecule has 0 unspecified atom stereocenters. The zero-order valence-corrected chi connectivity index (χ0v) is 19.8. The number of rotatable bonds is 5. The quantitative estimate of drug-likeness (QED) is 0.521. The normalized spacial score (nSPS) is 15.5. The van der Waals surface area contributed by atoms with E-state index in [9.17, 15) is 13.2 Å². The van der Waals surface area contributed by atoms with E-state index in [1.807, 2.05) is 45.0 Å². The third-order valence-corrected chi connectivity index (χ3v) is 7.81. The van der Waals surface area contributed by atoms with Crippen molar-refractivity contribution in [2.45, 2.75) is 38.1 Å². The Bertz CT molecular complexity index is 1270. The smallest absolute Gasteiger partial charge is 0.264 e. The number of carbonyl (C=O) groups excluding carboxylic acids is 1. The van der Waals surface area contributed by atoms with Crippen molar-refractivity contribution in [3.63, 3.8) is 0 Å². The summed E-state index contributed by atoms with van der Waals surface area (Å²) in [6.07, 6.45) is 0.739. The highest BCUT2D eigenvalue weighted by molar-refractivity contribution is 7.92.